The lowest BCUT2D eigenvalue weighted by atomic mass is 10.1. The van der Waals surface area contributed by atoms with Crippen molar-refractivity contribution in [1.29, 1.82) is 0 Å². The number of hydrogen-bond acceptors (Lipinski definition) is 3. The Bertz CT molecular complexity index is 688. The minimum Gasteiger partial charge on any atom is -0.311 e. The van der Waals surface area contributed by atoms with E-state index in [1.807, 2.05) is 7.05 Å². The van der Waals surface area contributed by atoms with Crippen molar-refractivity contribution in [3.05, 3.63) is 46.4 Å². The molecule has 0 bridgehead atoms. The van der Waals surface area contributed by atoms with E-state index >= 15 is 0 Å². The summed E-state index contributed by atoms with van der Waals surface area (Å²) in [6.07, 6.45) is 0.820. The molecule has 2 heterocycles. The zero-order valence-corrected chi connectivity index (χ0v) is 12.0. The summed E-state index contributed by atoms with van der Waals surface area (Å²) in [6.45, 7) is 3.36. The third-order valence-corrected chi connectivity index (χ3v) is 3.66. The quantitative estimate of drug-likeness (QED) is 0.885. The second kappa shape index (κ2) is 5.29. The summed E-state index contributed by atoms with van der Waals surface area (Å²) in [5, 5.41) is 10.4. The van der Waals surface area contributed by atoms with Gasteiger partial charge in [-0.05, 0) is 43.7 Å². The number of carbonyl (C=O) groups excluding carboxylic acids is 1. The van der Waals surface area contributed by atoms with Crippen molar-refractivity contribution in [3.63, 3.8) is 0 Å². The first kappa shape index (κ1) is 13.8. The lowest BCUT2D eigenvalue weighted by molar-refractivity contribution is 0.102. The molecule has 5 nitrogen and oxygen atoms in total. The van der Waals surface area contributed by atoms with Gasteiger partial charge < -0.3 is 10.6 Å². The molecule has 21 heavy (non-hydrogen) atoms. The molecule has 0 saturated carbocycles. The largest absolute Gasteiger partial charge is 0.311 e. The smallest absolute Gasteiger partial charge is 0.256 e. The molecular weight excluding hydrogens is 271 g/mol. The van der Waals surface area contributed by atoms with E-state index in [1.54, 1.807) is 17.7 Å². The van der Waals surface area contributed by atoms with Gasteiger partial charge in [-0.2, -0.15) is 5.10 Å². The van der Waals surface area contributed by atoms with Crippen LogP contribution in [0.5, 0.6) is 0 Å². The summed E-state index contributed by atoms with van der Waals surface area (Å²) >= 11 is 0. The maximum atomic E-state index is 13.4. The predicted molar refractivity (Wildman–Crippen MR) is 77.7 cm³/mol. The molecule has 2 aromatic rings. The van der Waals surface area contributed by atoms with Gasteiger partial charge in [0.2, 0.25) is 0 Å². The second-order valence-corrected chi connectivity index (χ2v) is 5.30. The van der Waals surface area contributed by atoms with Gasteiger partial charge in [-0.1, -0.05) is 0 Å². The van der Waals surface area contributed by atoms with Crippen LogP contribution in [0, 0.1) is 12.7 Å². The van der Waals surface area contributed by atoms with E-state index in [1.165, 1.54) is 12.1 Å². The van der Waals surface area contributed by atoms with Crippen molar-refractivity contribution in [3.8, 4) is 0 Å². The number of hydrogen-bond donors (Lipinski definition) is 2. The van der Waals surface area contributed by atoms with E-state index in [-0.39, 0.29) is 5.91 Å². The van der Waals surface area contributed by atoms with E-state index < -0.39 is 5.82 Å². The van der Waals surface area contributed by atoms with E-state index in [4.69, 9.17) is 0 Å². The summed E-state index contributed by atoms with van der Waals surface area (Å²) in [7, 11) is 1.85. The van der Waals surface area contributed by atoms with Gasteiger partial charge in [0.05, 0.1) is 5.69 Å². The molecule has 0 aliphatic carbocycles. The van der Waals surface area contributed by atoms with Crippen LogP contribution in [0.25, 0.3) is 0 Å². The first-order valence-electron chi connectivity index (χ1n) is 6.88. The zero-order valence-electron chi connectivity index (χ0n) is 12.0. The van der Waals surface area contributed by atoms with Crippen LogP contribution in [-0.4, -0.2) is 22.2 Å². The molecule has 1 amide bonds. The lowest BCUT2D eigenvalue weighted by Gasteiger charge is -2.14. The molecule has 1 aromatic heterocycles. The number of aromatic nitrogens is 2. The van der Waals surface area contributed by atoms with Crippen LogP contribution in [0.4, 0.5) is 10.2 Å². The third kappa shape index (κ3) is 2.67. The lowest BCUT2D eigenvalue weighted by Crippen LogP contribution is -2.25. The highest BCUT2D eigenvalue weighted by Crippen LogP contribution is 2.22. The fourth-order valence-corrected chi connectivity index (χ4v) is 2.65. The number of nitrogens with one attached hydrogen (secondary N) is 2. The first-order valence-corrected chi connectivity index (χ1v) is 6.88. The topological polar surface area (TPSA) is 59.0 Å². The molecule has 2 N–H and O–H groups in total. The van der Waals surface area contributed by atoms with Crippen LogP contribution in [0.1, 0.15) is 27.2 Å². The van der Waals surface area contributed by atoms with Gasteiger partial charge in [0, 0.05) is 24.7 Å². The fourth-order valence-electron chi connectivity index (χ4n) is 2.65. The number of benzene rings is 1. The molecule has 3 rings (SSSR count). The highest BCUT2D eigenvalue weighted by Gasteiger charge is 2.21. The summed E-state index contributed by atoms with van der Waals surface area (Å²) in [6, 6.07) is 4.29. The standard InChI is InChI=1S/C15H17FN4O/c1-9-5-10(7-11(16)6-9)15(21)18-14-12-3-4-17-8-13(12)20(2)19-14/h5-7,17H,3-4,8H2,1-2H3,(H,18,19,21). The number of anilines is 1. The van der Waals surface area contributed by atoms with Gasteiger partial charge in [0.1, 0.15) is 5.82 Å². The molecular formula is C15H17FN4O. The van der Waals surface area contributed by atoms with Gasteiger partial charge in [-0.15, -0.1) is 0 Å². The van der Waals surface area contributed by atoms with E-state index in [2.05, 4.69) is 15.7 Å². The highest BCUT2D eigenvalue weighted by molar-refractivity contribution is 6.04. The molecule has 0 saturated heterocycles. The Kier molecular flexibility index (Phi) is 3.47. The van der Waals surface area contributed by atoms with Crippen LogP contribution in [0.15, 0.2) is 18.2 Å². The predicted octanol–water partition coefficient (Wildman–Crippen LogP) is 1.77. The van der Waals surface area contributed by atoms with Crippen molar-refractivity contribution in [2.45, 2.75) is 19.9 Å². The minimum absolute atomic E-state index is 0.306. The van der Waals surface area contributed by atoms with Crippen LogP contribution in [0.3, 0.4) is 0 Å². The number of carbonyl (C=O) groups is 1. The number of rotatable bonds is 2. The minimum atomic E-state index is -0.410. The van der Waals surface area contributed by atoms with Crippen LogP contribution < -0.4 is 10.6 Å². The normalized spacial score (nSPS) is 13.9. The Morgan fingerprint density at radius 2 is 2.24 bits per heavy atom. The summed E-state index contributed by atoms with van der Waals surface area (Å²) in [4.78, 5) is 12.3. The van der Waals surface area contributed by atoms with Crippen LogP contribution in [-0.2, 0) is 20.0 Å². The molecule has 1 aliphatic heterocycles. The second-order valence-electron chi connectivity index (χ2n) is 5.30. The molecule has 0 atom stereocenters. The molecule has 0 radical (unpaired) electrons. The van der Waals surface area contributed by atoms with Crippen molar-refractivity contribution in [1.82, 2.24) is 15.1 Å². The monoisotopic (exact) mass is 288 g/mol. The number of fused-ring (bicyclic) bond motifs is 1. The van der Waals surface area contributed by atoms with Crippen molar-refractivity contribution in [2.24, 2.45) is 7.05 Å². The molecule has 0 unspecified atom stereocenters. The zero-order chi connectivity index (χ0) is 15.0. The first-order chi connectivity index (χ1) is 10.0. The average Bonchev–Trinajstić information content (AvgIpc) is 2.75. The van der Waals surface area contributed by atoms with Gasteiger partial charge in [0.25, 0.3) is 5.91 Å². The molecule has 0 spiro atoms. The van der Waals surface area contributed by atoms with Crippen LogP contribution in [0.2, 0.25) is 0 Å². The summed E-state index contributed by atoms with van der Waals surface area (Å²) < 4.78 is 15.2. The van der Waals surface area contributed by atoms with Crippen molar-refractivity contribution >= 4 is 11.7 Å². The van der Waals surface area contributed by atoms with Gasteiger partial charge in [-0.25, -0.2) is 4.39 Å². The Labute approximate surface area is 122 Å². The van der Waals surface area contributed by atoms with Gasteiger partial charge in [-0.3, -0.25) is 9.48 Å². The number of aryl methyl sites for hydroxylation is 2. The Hall–Kier alpha value is -2.21. The maximum absolute atomic E-state index is 13.4. The Balaban J connectivity index is 1.88. The van der Waals surface area contributed by atoms with E-state index in [9.17, 15) is 9.18 Å². The van der Waals surface area contributed by atoms with Crippen molar-refractivity contribution < 1.29 is 9.18 Å². The Morgan fingerprint density at radius 1 is 1.43 bits per heavy atom. The number of halogens is 1. The summed E-state index contributed by atoms with van der Waals surface area (Å²) in [5.41, 5.74) is 3.15. The maximum Gasteiger partial charge on any atom is 0.256 e. The summed E-state index contributed by atoms with van der Waals surface area (Å²) in [5.74, 6) is -0.176. The average molecular weight is 288 g/mol. The number of nitrogens with zero attached hydrogens (tertiary/aromatic N) is 2. The molecule has 1 aromatic carbocycles. The number of amides is 1. The highest BCUT2D eigenvalue weighted by atomic mass is 19.1. The molecule has 0 fully saturated rings. The van der Waals surface area contributed by atoms with Gasteiger partial charge in [0.15, 0.2) is 5.82 Å². The SMILES string of the molecule is Cc1cc(F)cc(C(=O)Nc2nn(C)c3c2CCNC3)c1. The van der Waals surface area contributed by atoms with E-state index in [0.29, 0.717) is 16.9 Å². The molecule has 1 aliphatic rings. The molecule has 110 valence electrons. The van der Waals surface area contributed by atoms with Crippen LogP contribution >= 0.6 is 0 Å². The van der Waals surface area contributed by atoms with Crippen molar-refractivity contribution in [2.75, 3.05) is 11.9 Å². The third-order valence-electron chi connectivity index (χ3n) is 3.66. The molecule has 6 heteroatoms. The fraction of sp³-hybridized carbons (Fsp3) is 0.333. The van der Waals surface area contributed by atoms with E-state index in [0.717, 1.165) is 30.8 Å². The Morgan fingerprint density at radius 3 is 3.00 bits per heavy atom. The van der Waals surface area contributed by atoms with Gasteiger partial charge >= 0.3 is 0 Å².